The van der Waals surface area contributed by atoms with E-state index in [1.807, 2.05) is 50.2 Å². The molecule has 0 aliphatic heterocycles. The zero-order valence-corrected chi connectivity index (χ0v) is 18.7. The maximum atomic E-state index is 13.2. The summed E-state index contributed by atoms with van der Waals surface area (Å²) in [6, 6.07) is 19.5. The van der Waals surface area contributed by atoms with Crippen LogP contribution in [-0.4, -0.2) is 26.1 Å². The van der Waals surface area contributed by atoms with Crippen LogP contribution in [0, 0.1) is 0 Å². The lowest BCUT2D eigenvalue weighted by Gasteiger charge is -2.17. The van der Waals surface area contributed by atoms with Crippen molar-refractivity contribution < 1.29 is 23.8 Å². The second-order valence-corrected chi connectivity index (χ2v) is 7.27. The van der Waals surface area contributed by atoms with E-state index in [9.17, 15) is 9.59 Å². The molecule has 0 saturated heterocycles. The zero-order valence-electron chi connectivity index (χ0n) is 18.7. The SMILES string of the molecule is CCc1ccc(Oc2cccc(OC)c2)c(C(=O)N[C@@H](C)c2ccc(C(=O)OC)cc2)c1. The fourth-order valence-corrected chi connectivity index (χ4v) is 3.24. The fourth-order valence-electron chi connectivity index (χ4n) is 3.24. The van der Waals surface area contributed by atoms with Crippen molar-refractivity contribution in [3.63, 3.8) is 0 Å². The zero-order chi connectivity index (χ0) is 23.1. The molecule has 0 unspecified atom stereocenters. The molecule has 1 N–H and O–H groups in total. The summed E-state index contributed by atoms with van der Waals surface area (Å²) >= 11 is 0. The van der Waals surface area contributed by atoms with Gasteiger partial charge in [-0.3, -0.25) is 4.79 Å². The summed E-state index contributed by atoms with van der Waals surface area (Å²) in [5.74, 6) is 1.06. The van der Waals surface area contributed by atoms with Crippen molar-refractivity contribution in [2.75, 3.05) is 14.2 Å². The van der Waals surface area contributed by atoms with Crippen molar-refractivity contribution in [2.24, 2.45) is 0 Å². The van der Waals surface area contributed by atoms with Gasteiger partial charge in [0.25, 0.3) is 5.91 Å². The summed E-state index contributed by atoms with van der Waals surface area (Å²) in [4.78, 5) is 24.8. The molecule has 0 radical (unpaired) electrons. The number of ether oxygens (including phenoxy) is 3. The second kappa shape index (κ2) is 10.5. The van der Waals surface area contributed by atoms with Gasteiger partial charge in [0, 0.05) is 6.07 Å². The third-order valence-electron chi connectivity index (χ3n) is 5.15. The Morgan fingerprint density at radius 1 is 0.938 bits per heavy atom. The summed E-state index contributed by atoms with van der Waals surface area (Å²) in [6.45, 7) is 3.92. The topological polar surface area (TPSA) is 73.9 Å². The molecule has 166 valence electrons. The van der Waals surface area contributed by atoms with Crippen molar-refractivity contribution >= 4 is 11.9 Å². The Hall–Kier alpha value is -3.80. The number of carbonyl (C=O) groups excluding carboxylic acids is 2. The second-order valence-electron chi connectivity index (χ2n) is 7.27. The van der Waals surface area contributed by atoms with Gasteiger partial charge in [-0.25, -0.2) is 4.79 Å². The normalized spacial score (nSPS) is 11.4. The van der Waals surface area contributed by atoms with Crippen LogP contribution in [0.4, 0.5) is 0 Å². The number of hydrogen-bond donors (Lipinski definition) is 1. The lowest BCUT2D eigenvalue weighted by atomic mass is 10.0. The molecule has 0 aromatic heterocycles. The average Bonchev–Trinajstić information content (AvgIpc) is 2.83. The highest BCUT2D eigenvalue weighted by Gasteiger charge is 2.18. The molecule has 3 aromatic rings. The first-order valence-electron chi connectivity index (χ1n) is 10.4. The molecule has 3 aromatic carbocycles. The van der Waals surface area contributed by atoms with E-state index in [-0.39, 0.29) is 11.9 Å². The van der Waals surface area contributed by atoms with E-state index in [4.69, 9.17) is 14.2 Å². The van der Waals surface area contributed by atoms with Crippen LogP contribution in [0.1, 0.15) is 51.7 Å². The molecule has 0 bridgehead atoms. The Bertz CT molecular complexity index is 1090. The van der Waals surface area contributed by atoms with Gasteiger partial charge < -0.3 is 19.5 Å². The number of benzene rings is 3. The first-order chi connectivity index (χ1) is 15.4. The van der Waals surface area contributed by atoms with Gasteiger partial charge in [-0.05, 0) is 60.9 Å². The van der Waals surface area contributed by atoms with Crippen molar-refractivity contribution in [3.05, 3.63) is 89.0 Å². The highest BCUT2D eigenvalue weighted by atomic mass is 16.5. The Balaban J connectivity index is 1.82. The van der Waals surface area contributed by atoms with Gasteiger partial charge in [-0.2, -0.15) is 0 Å². The minimum absolute atomic E-state index is 0.247. The summed E-state index contributed by atoms with van der Waals surface area (Å²) in [7, 11) is 2.93. The van der Waals surface area contributed by atoms with Gasteiger partial charge in [-0.15, -0.1) is 0 Å². The smallest absolute Gasteiger partial charge is 0.337 e. The number of amides is 1. The largest absolute Gasteiger partial charge is 0.497 e. The van der Waals surface area contributed by atoms with Crippen LogP contribution in [0.3, 0.4) is 0 Å². The lowest BCUT2D eigenvalue weighted by Crippen LogP contribution is -2.27. The van der Waals surface area contributed by atoms with Gasteiger partial charge in [0.1, 0.15) is 17.2 Å². The first-order valence-corrected chi connectivity index (χ1v) is 10.4. The molecule has 0 heterocycles. The summed E-state index contributed by atoms with van der Waals surface area (Å²) in [6.07, 6.45) is 0.796. The van der Waals surface area contributed by atoms with E-state index in [0.29, 0.717) is 28.4 Å². The van der Waals surface area contributed by atoms with Gasteiger partial charge in [0.2, 0.25) is 0 Å². The van der Waals surface area contributed by atoms with Crippen LogP contribution in [0.25, 0.3) is 0 Å². The Labute approximate surface area is 188 Å². The van der Waals surface area contributed by atoms with Gasteiger partial charge in [-0.1, -0.05) is 31.2 Å². The van der Waals surface area contributed by atoms with E-state index < -0.39 is 5.97 Å². The summed E-state index contributed by atoms with van der Waals surface area (Å²) in [5, 5.41) is 3.02. The molecular weight excluding hydrogens is 406 g/mol. The number of nitrogens with one attached hydrogen (secondary N) is 1. The van der Waals surface area contributed by atoms with Crippen molar-refractivity contribution in [3.8, 4) is 17.2 Å². The van der Waals surface area contributed by atoms with Gasteiger partial charge >= 0.3 is 5.97 Å². The molecule has 1 amide bonds. The molecule has 0 aliphatic carbocycles. The van der Waals surface area contributed by atoms with Gasteiger partial charge in [0.05, 0.1) is 31.4 Å². The van der Waals surface area contributed by atoms with Crippen LogP contribution in [0.2, 0.25) is 0 Å². The highest BCUT2D eigenvalue weighted by molar-refractivity contribution is 5.97. The monoisotopic (exact) mass is 433 g/mol. The van der Waals surface area contributed by atoms with Crippen LogP contribution >= 0.6 is 0 Å². The van der Waals surface area contributed by atoms with Crippen LogP contribution in [0.5, 0.6) is 17.2 Å². The number of methoxy groups -OCH3 is 2. The van der Waals surface area contributed by atoms with Crippen molar-refractivity contribution in [2.45, 2.75) is 26.3 Å². The molecule has 1 atom stereocenters. The van der Waals surface area contributed by atoms with Crippen LogP contribution in [0.15, 0.2) is 66.7 Å². The van der Waals surface area contributed by atoms with Crippen molar-refractivity contribution in [1.82, 2.24) is 5.32 Å². The third-order valence-corrected chi connectivity index (χ3v) is 5.15. The first kappa shape index (κ1) is 22.9. The Morgan fingerprint density at radius 3 is 2.31 bits per heavy atom. The molecule has 0 fully saturated rings. The molecule has 6 nitrogen and oxygen atoms in total. The van der Waals surface area contributed by atoms with Gasteiger partial charge in [0.15, 0.2) is 0 Å². The number of rotatable bonds is 8. The standard InChI is InChI=1S/C26H27NO5/c1-5-18-9-14-24(32-22-8-6-7-21(16-22)30-3)23(15-18)25(28)27-17(2)19-10-12-20(13-11-19)26(29)31-4/h6-17H,5H2,1-4H3,(H,27,28)/t17-/m0/s1. The molecule has 0 saturated carbocycles. The number of carbonyl (C=O) groups is 2. The lowest BCUT2D eigenvalue weighted by molar-refractivity contribution is 0.0600. The minimum Gasteiger partial charge on any atom is -0.497 e. The van der Waals surface area contributed by atoms with Crippen LogP contribution < -0.4 is 14.8 Å². The predicted octanol–water partition coefficient (Wildman–Crippen LogP) is 5.33. The van der Waals surface area contributed by atoms with E-state index >= 15 is 0 Å². The average molecular weight is 434 g/mol. The van der Waals surface area contributed by atoms with Crippen LogP contribution in [-0.2, 0) is 11.2 Å². The fraction of sp³-hybridized carbons (Fsp3) is 0.231. The number of hydrogen-bond acceptors (Lipinski definition) is 5. The van der Waals surface area contributed by atoms with Crippen molar-refractivity contribution in [1.29, 1.82) is 0 Å². The molecule has 6 heteroatoms. The van der Waals surface area contributed by atoms with E-state index in [1.165, 1.54) is 7.11 Å². The molecule has 0 aliphatic rings. The van der Waals surface area contributed by atoms with E-state index in [1.54, 1.807) is 37.4 Å². The van der Waals surface area contributed by atoms with E-state index in [0.717, 1.165) is 17.5 Å². The summed E-state index contributed by atoms with van der Waals surface area (Å²) in [5.41, 5.74) is 2.81. The molecule has 32 heavy (non-hydrogen) atoms. The maximum absolute atomic E-state index is 13.2. The minimum atomic E-state index is -0.399. The molecule has 3 rings (SSSR count). The molecular formula is C26H27NO5. The summed E-state index contributed by atoms with van der Waals surface area (Å²) < 4.78 is 16.0. The Morgan fingerprint density at radius 2 is 1.66 bits per heavy atom. The molecule has 0 spiro atoms. The Kier molecular flexibility index (Phi) is 7.49. The number of aryl methyl sites for hydroxylation is 1. The quantitative estimate of drug-likeness (QED) is 0.486. The third kappa shape index (κ3) is 5.46. The number of esters is 1. The van der Waals surface area contributed by atoms with E-state index in [2.05, 4.69) is 5.32 Å². The predicted molar refractivity (Wildman–Crippen MR) is 123 cm³/mol. The highest BCUT2D eigenvalue weighted by Crippen LogP contribution is 2.29. The maximum Gasteiger partial charge on any atom is 0.337 e.